The number of halogens is 2. The molecule has 4 atom stereocenters. The Hall–Kier alpha value is -3.66. The van der Waals surface area contributed by atoms with Crippen molar-refractivity contribution < 1.29 is 33.5 Å². The van der Waals surface area contributed by atoms with E-state index in [0.29, 0.717) is 43.8 Å². The molecule has 4 rings (SSSR count). The van der Waals surface area contributed by atoms with Crippen LogP contribution in [0.3, 0.4) is 0 Å². The van der Waals surface area contributed by atoms with Crippen LogP contribution in [0.15, 0.2) is 66.7 Å². The van der Waals surface area contributed by atoms with Crippen LogP contribution in [-0.2, 0) is 17.8 Å². The van der Waals surface area contributed by atoms with Crippen LogP contribution in [0.25, 0.3) is 0 Å². The minimum atomic E-state index is -1.04. The molecule has 236 valence electrons. The van der Waals surface area contributed by atoms with Crippen LogP contribution in [0.1, 0.15) is 70.5 Å². The van der Waals surface area contributed by atoms with Crippen molar-refractivity contribution in [1.82, 2.24) is 10.2 Å². The van der Waals surface area contributed by atoms with Crippen molar-refractivity contribution >= 4 is 11.8 Å². The van der Waals surface area contributed by atoms with Gasteiger partial charge in [-0.2, -0.15) is 0 Å². The number of hydrogen-bond donors (Lipinski definition) is 3. The molecule has 1 saturated heterocycles. The Morgan fingerprint density at radius 3 is 2.30 bits per heavy atom. The van der Waals surface area contributed by atoms with Crippen molar-refractivity contribution in [2.75, 3.05) is 19.6 Å². The largest absolute Gasteiger partial charge is 0.385 e. The first-order valence-electron chi connectivity index (χ1n) is 15.5. The third-order valence-electron chi connectivity index (χ3n) is 7.97. The monoisotopic (exact) mass is 608 g/mol. The van der Waals surface area contributed by atoms with Crippen molar-refractivity contribution in [2.24, 2.45) is 0 Å². The lowest BCUT2D eigenvalue weighted by Crippen LogP contribution is -2.90. The van der Waals surface area contributed by atoms with Crippen molar-refractivity contribution in [3.63, 3.8) is 0 Å². The lowest BCUT2D eigenvalue weighted by molar-refractivity contribution is -0.679. The van der Waals surface area contributed by atoms with Crippen LogP contribution in [-0.4, -0.2) is 65.7 Å². The predicted molar refractivity (Wildman–Crippen MR) is 165 cm³/mol. The van der Waals surface area contributed by atoms with Gasteiger partial charge in [-0.05, 0) is 73.2 Å². The zero-order valence-corrected chi connectivity index (χ0v) is 25.8. The number of aliphatic hydroxyl groups excluding tert-OH is 1. The lowest BCUT2D eigenvalue weighted by Gasteiger charge is -2.27. The molecule has 44 heavy (non-hydrogen) atoms. The van der Waals surface area contributed by atoms with E-state index in [1.807, 2.05) is 56.4 Å². The number of nitrogens with two attached hydrogens (primary N) is 1. The number of rotatable bonds is 14. The molecule has 0 bridgehead atoms. The van der Waals surface area contributed by atoms with Gasteiger partial charge in [-0.25, -0.2) is 8.78 Å². The zero-order valence-electron chi connectivity index (χ0n) is 25.8. The van der Waals surface area contributed by atoms with E-state index in [0.717, 1.165) is 30.0 Å². The van der Waals surface area contributed by atoms with Gasteiger partial charge in [-0.3, -0.25) is 9.59 Å². The molecule has 0 radical (unpaired) electrons. The second kappa shape index (κ2) is 15.9. The molecule has 0 saturated carbocycles. The number of nitrogens with zero attached hydrogens (tertiary/aromatic N) is 1. The highest BCUT2D eigenvalue weighted by atomic mass is 19.1. The van der Waals surface area contributed by atoms with E-state index < -0.39 is 29.7 Å². The summed E-state index contributed by atoms with van der Waals surface area (Å²) >= 11 is 0. The summed E-state index contributed by atoms with van der Waals surface area (Å²) < 4.78 is 34.2. The zero-order chi connectivity index (χ0) is 31.6. The maximum absolute atomic E-state index is 14.1. The molecule has 7 nitrogen and oxygen atoms in total. The van der Waals surface area contributed by atoms with Crippen LogP contribution >= 0.6 is 0 Å². The first kappa shape index (κ1) is 33.2. The van der Waals surface area contributed by atoms with E-state index in [1.54, 1.807) is 23.1 Å². The van der Waals surface area contributed by atoms with E-state index in [1.165, 1.54) is 12.1 Å². The molecule has 1 fully saturated rings. The van der Waals surface area contributed by atoms with Gasteiger partial charge in [-0.15, -0.1) is 0 Å². The normalized spacial score (nSPS) is 17.7. The molecule has 0 unspecified atom stereocenters. The number of nitrogens with one attached hydrogen (secondary N) is 1. The van der Waals surface area contributed by atoms with Gasteiger partial charge in [0.2, 0.25) is 0 Å². The summed E-state index contributed by atoms with van der Waals surface area (Å²) in [7, 11) is 0. The average Bonchev–Trinajstić information content (AvgIpc) is 3.47. The molecule has 0 aromatic heterocycles. The highest BCUT2D eigenvalue weighted by molar-refractivity contribution is 6.00. The highest BCUT2D eigenvalue weighted by Crippen LogP contribution is 2.19. The van der Waals surface area contributed by atoms with E-state index in [2.05, 4.69) is 5.32 Å². The minimum absolute atomic E-state index is 0.0137. The lowest BCUT2D eigenvalue weighted by atomic mass is 9.94. The molecule has 4 N–H and O–H groups in total. The van der Waals surface area contributed by atoms with Crippen molar-refractivity contribution in [2.45, 2.75) is 77.4 Å². The minimum Gasteiger partial charge on any atom is -0.385 e. The van der Waals surface area contributed by atoms with Crippen LogP contribution in [0, 0.1) is 18.6 Å². The molecule has 0 aliphatic carbocycles. The summed E-state index contributed by atoms with van der Waals surface area (Å²) in [6, 6.07) is 16.9. The van der Waals surface area contributed by atoms with Gasteiger partial charge in [0.1, 0.15) is 36.4 Å². The second-order valence-corrected chi connectivity index (χ2v) is 11.7. The fourth-order valence-electron chi connectivity index (χ4n) is 5.89. The Morgan fingerprint density at radius 1 is 0.977 bits per heavy atom. The molecule has 1 heterocycles. The number of aryl methyl sites for hydroxylation is 1. The molecule has 0 spiro atoms. The van der Waals surface area contributed by atoms with Gasteiger partial charge in [0, 0.05) is 36.7 Å². The summed E-state index contributed by atoms with van der Waals surface area (Å²) in [6.07, 6.45) is 1.07. The highest BCUT2D eigenvalue weighted by Gasteiger charge is 2.39. The molecule has 9 heteroatoms. The summed E-state index contributed by atoms with van der Waals surface area (Å²) in [5.74, 6) is -2.07. The van der Waals surface area contributed by atoms with Crippen molar-refractivity contribution in [3.05, 3.63) is 106 Å². The summed E-state index contributed by atoms with van der Waals surface area (Å²) in [6.45, 7) is 8.18. The van der Waals surface area contributed by atoms with Crippen LogP contribution in [0.2, 0.25) is 0 Å². The summed E-state index contributed by atoms with van der Waals surface area (Å²) in [4.78, 5) is 28.7. The molecule has 3 aromatic carbocycles. The molecular formula is C35H44F2N3O4+. The number of carbonyl (C=O) groups excluding carboxylic acids is 2. The van der Waals surface area contributed by atoms with Gasteiger partial charge in [0.25, 0.3) is 11.8 Å². The maximum atomic E-state index is 14.1. The quantitative estimate of drug-likeness (QED) is 0.256. The number of carbonyl (C=O) groups is 2. The Kier molecular flexibility index (Phi) is 12.0. The van der Waals surface area contributed by atoms with Gasteiger partial charge >= 0.3 is 0 Å². The van der Waals surface area contributed by atoms with Crippen molar-refractivity contribution in [3.8, 4) is 0 Å². The van der Waals surface area contributed by atoms with Gasteiger partial charge in [0.15, 0.2) is 0 Å². The van der Waals surface area contributed by atoms with Crippen LogP contribution in [0.4, 0.5) is 8.78 Å². The molecule has 1 aliphatic heterocycles. The number of hydrogen-bond acceptors (Lipinski definition) is 4. The first-order valence-corrected chi connectivity index (χ1v) is 15.5. The molecule has 2 amide bonds. The Bertz CT molecular complexity index is 1380. The summed E-state index contributed by atoms with van der Waals surface area (Å²) in [5, 5.41) is 16.5. The standard InChI is InChI=1S/C35H43F2N3O4/c1-4-11-40(12-5-2)35(43)27-14-23(3)13-26(18-27)34(42)39-32(17-25-15-28(36)19-29(37)16-25)33(41)31-20-30(21-38-31)44-22-24-9-7-6-8-10-24/h6-10,13-16,18-19,30-33,38,41H,4-5,11-12,17,20-22H2,1-3H3,(H,39,42)/p+1/t30-,31-,32+,33-/m1/s1. The number of ether oxygens (including phenoxy) is 1. The van der Waals surface area contributed by atoms with E-state index >= 15 is 0 Å². The Labute approximate surface area is 258 Å². The van der Waals surface area contributed by atoms with Crippen LogP contribution < -0.4 is 10.6 Å². The Morgan fingerprint density at radius 2 is 1.64 bits per heavy atom. The fourth-order valence-corrected chi connectivity index (χ4v) is 5.89. The number of aliphatic hydroxyl groups is 1. The van der Waals surface area contributed by atoms with Gasteiger partial charge < -0.3 is 25.4 Å². The maximum Gasteiger partial charge on any atom is 0.253 e. The first-order chi connectivity index (χ1) is 21.2. The predicted octanol–water partition coefficient (Wildman–Crippen LogP) is 4.16. The van der Waals surface area contributed by atoms with E-state index in [4.69, 9.17) is 4.74 Å². The van der Waals surface area contributed by atoms with Crippen LogP contribution in [0.5, 0.6) is 0 Å². The topological polar surface area (TPSA) is 95.5 Å². The van der Waals surface area contributed by atoms with Gasteiger partial charge in [-0.1, -0.05) is 44.2 Å². The molecular weight excluding hydrogens is 564 g/mol. The SMILES string of the molecule is CCCN(CCC)C(=O)c1cc(C)cc(C(=O)N[C@@H](Cc2cc(F)cc(F)c2)[C@H](O)[C@H]2C[C@@H](OCc3ccccc3)C[NH2+]2)c1. The number of amides is 2. The molecule has 3 aromatic rings. The third kappa shape index (κ3) is 9.17. The second-order valence-electron chi connectivity index (χ2n) is 11.7. The number of benzene rings is 3. The Balaban J connectivity index is 1.52. The van der Waals surface area contributed by atoms with E-state index in [9.17, 15) is 23.5 Å². The smallest absolute Gasteiger partial charge is 0.253 e. The molecule has 1 aliphatic rings. The van der Waals surface area contributed by atoms with Gasteiger partial charge in [0.05, 0.1) is 12.6 Å². The summed E-state index contributed by atoms with van der Waals surface area (Å²) in [5.41, 5.74) is 2.82. The number of quaternary nitrogens is 1. The van der Waals surface area contributed by atoms with Crippen molar-refractivity contribution in [1.29, 1.82) is 0 Å². The average molecular weight is 609 g/mol. The third-order valence-corrected chi connectivity index (χ3v) is 7.97. The fraction of sp³-hybridized carbons (Fsp3) is 0.429. The van der Waals surface area contributed by atoms with E-state index in [-0.39, 0.29) is 30.0 Å².